The third kappa shape index (κ3) is 2.15. The smallest absolute Gasteiger partial charge is 0.239 e. The van der Waals surface area contributed by atoms with Crippen molar-refractivity contribution in [1.29, 1.82) is 0 Å². The van der Waals surface area contributed by atoms with Crippen LogP contribution in [0.1, 0.15) is 25.6 Å². The van der Waals surface area contributed by atoms with E-state index in [1.165, 1.54) is 0 Å². The van der Waals surface area contributed by atoms with E-state index in [-0.39, 0.29) is 0 Å². The van der Waals surface area contributed by atoms with E-state index < -0.39 is 0 Å². The second kappa shape index (κ2) is 3.72. The average molecular weight is 206 g/mol. The monoisotopic (exact) mass is 206 g/mol. The minimum Gasteiger partial charge on any atom is -0.367 e. The molecule has 0 saturated carbocycles. The third-order valence-electron chi connectivity index (χ3n) is 2.07. The minimum absolute atomic E-state index is 0.290. The Balaban J connectivity index is 2.11. The maximum absolute atomic E-state index is 5.42. The number of nitrogen functional groups attached to an aromatic ring is 1. The molecule has 0 unspecified atom stereocenters. The van der Waals surface area contributed by atoms with Crippen molar-refractivity contribution < 1.29 is 0 Å². The number of nitrogens with two attached hydrogens (primary N) is 1. The third-order valence-corrected chi connectivity index (χ3v) is 2.07. The zero-order chi connectivity index (χ0) is 10.8. The van der Waals surface area contributed by atoms with Gasteiger partial charge in [0.1, 0.15) is 6.33 Å². The van der Waals surface area contributed by atoms with Crippen LogP contribution >= 0.6 is 0 Å². The molecule has 2 heterocycles. The standard InChI is InChI=1S/C9H14N6/c1-7(2)15-4-3-8(12-15)5-14-6-11-9(10)13-14/h3-4,6-7H,5H2,1-2H3,(H2,10,13). The van der Waals surface area contributed by atoms with Gasteiger partial charge in [0.2, 0.25) is 5.95 Å². The Bertz CT molecular complexity index is 441. The summed E-state index contributed by atoms with van der Waals surface area (Å²) in [6, 6.07) is 2.34. The molecular formula is C9H14N6. The first-order valence-electron chi connectivity index (χ1n) is 4.84. The van der Waals surface area contributed by atoms with Gasteiger partial charge in [0, 0.05) is 12.2 Å². The van der Waals surface area contributed by atoms with Gasteiger partial charge in [0.05, 0.1) is 12.2 Å². The van der Waals surface area contributed by atoms with Crippen LogP contribution < -0.4 is 5.73 Å². The summed E-state index contributed by atoms with van der Waals surface area (Å²) in [7, 11) is 0. The molecule has 2 rings (SSSR count). The topological polar surface area (TPSA) is 74.5 Å². The molecule has 2 aromatic rings. The summed E-state index contributed by atoms with van der Waals surface area (Å²) < 4.78 is 3.58. The van der Waals surface area contributed by atoms with Crippen molar-refractivity contribution in [3.63, 3.8) is 0 Å². The quantitative estimate of drug-likeness (QED) is 0.801. The number of aromatic nitrogens is 5. The summed E-state index contributed by atoms with van der Waals surface area (Å²) in [5.41, 5.74) is 6.37. The molecule has 0 aliphatic heterocycles. The van der Waals surface area contributed by atoms with E-state index in [0.29, 0.717) is 18.5 Å². The Hall–Kier alpha value is -1.85. The Labute approximate surface area is 87.7 Å². The number of rotatable bonds is 3. The Morgan fingerprint density at radius 3 is 2.73 bits per heavy atom. The van der Waals surface area contributed by atoms with Gasteiger partial charge in [-0.3, -0.25) is 4.68 Å². The molecule has 0 aliphatic rings. The molecule has 0 aliphatic carbocycles. The first kappa shape index (κ1) is 9.70. The lowest BCUT2D eigenvalue weighted by Crippen LogP contribution is -2.05. The summed E-state index contributed by atoms with van der Waals surface area (Å²) in [6.07, 6.45) is 3.56. The fourth-order valence-corrected chi connectivity index (χ4v) is 1.30. The molecule has 0 aromatic carbocycles. The van der Waals surface area contributed by atoms with Gasteiger partial charge in [-0.25, -0.2) is 9.67 Å². The summed E-state index contributed by atoms with van der Waals surface area (Å²) >= 11 is 0. The highest BCUT2D eigenvalue weighted by molar-refractivity contribution is 5.10. The van der Waals surface area contributed by atoms with Crippen LogP contribution in [-0.2, 0) is 6.54 Å². The maximum Gasteiger partial charge on any atom is 0.239 e. The van der Waals surface area contributed by atoms with E-state index in [2.05, 4.69) is 29.0 Å². The Kier molecular flexibility index (Phi) is 2.40. The van der Waals surface area contributed by atoms with Crippen molar-refractivity contribution in [2.24, 2.45) is 0 Å². The second-order valence-electron chi connectivity index (χ2n) is 3.68. The summed E-state index contributed by atoms with van der Waals surface area (Å²) in [5, 5.41) is 8.40. The van der Waals surface area contributed by atoms with Gasteiger partial charge >= 0.3 is 0 Å². The maximum atomic E-state index is 5.42. The highest BCUT2D eigenvalue weighted by Crippen LogP contribution is 2.05. The normalized spacial score (nSPS) is 11.1. The SMILES string of the molecule is CC(C)n1ccc(Cn2cnc(N)n2)n1. The van der Waals surface area contributed by atoms with E-state index >= 15 is 0 Å². The molecule has 80 valence electrons. The summed E-state index contributed by atoms with van der Waals surface area (Å²) in [4.78, 5) is 3.85. The number of anilines is 1. The van der Waals surface area contributed by atoms with Gasteiger partial charge in [-0.15, -0.1) is 5.10 Å². The average Bonchev–Trinajstić information content (AvgIpc) is 2.76. The molecular weight excluding hydrogens is 192 g/mol. The van der Waals surface area contributed by atoms with E-state index in [1.807, 2.05) is 16.9 Å². The van der Waals surface area contributed by atoms with E-state index in [0.717, 1.165) is 5.69 Å². The first-order chi connectivity index (χ1) is 7.15. The molecule has 15 heavy (non-hydrogen) atoms. The van der Waals surface area contributed by atoms with Crippen molar-refractivity contribution >= 4 is 5.95 Å². The van der Waals surface area contributed by atoms with E-state index in [9.17, 15) is 0 Å². The van der Waals surface area contributed by atoms with Gasteiger partial charge in [-0.1, -0.05) is 0 Å². The molecule has 6 nitrogen and oxygen atoms in total. The summed E-state index contributed by atoms with van der Waals surface area (Å²) in [5.74, 6) is 0.290. The Morgan fingerprint density at radius 2 is 2.20 bits per heavy atom. The lowest BCUT2D eigenvalue weighted by Gasteiger charge is -2.03. The van der Waals surface area contributed by atoms with Crippen LogP contribution in [0, 0.1) is 0 Å². The molecule has 0 fully saturated rings. The summed E-state index contributed by atoms with van der Waals surface area (Å²) in [6.45, 7) is 4.78. The fraction of sp³-hybridized carbons (Fsp3) is 0.444. The van der Waals surface area contributed by atoms with Crippen molar-refractivity contribution in [2.75, 3.05) is 5.73 Å². The predicted molar refractivity (Wildman–Crippen MR) is 56.1 cm³/mol. The zero-order valence-corrected chi connectivity index (χ0v) is 8.83. The molecule has 0 bridgehead atoms. The van der Waals surface area contributed by atoms with E-state index in [4.69, 9.17) is 5.73 Å². The fourth-order valence-electron chi connectivity index (χ4n) is 1.30. The van der Waals surface area contributed by atoms with Gasteiger partial charge in [-0.2, -0.15) is 5.10 Å². The number of hydrogen-bond donors (Lipinski definition) is 1. The lowest BCUT2D eigenvalue weighted by molar-refractivity contribution is 0.521. The molecule has 0 spiro atoms. The highest BCUT2D eigenvalue weighted by atomic mass is 15.4. The van der Waals surface area contributed by atoms with Crippen LogP contribution in [0.25, 0.3) is 0 Å². The van der Waals surface area contributed by atoms with Gasteiger partial charge in [0.15, 0.2) is 0 Å². The van der Waals surface area contributed by atoms with Gasteiger partial charge in [0.25, 0.3) is 0 Å². The predicted octanol–water partition coefficient (Wildman–Crippen LogP) is 0.686. The van der Waals surface area contributed by atoms with Gasteiger partial charge in [-0.05, 0) is 19.9 Å². The van der Waals surface area contributed by atoms with Crippen LogP contribution in [0.3, 0.4) is 0 Å². The van der Waals surface area contributed by atoms with Crippen LogP contribution in [0.15, 0.2) is 18.6 Å². The molecule has 2 aromatic heterocycles. The zero-order valence-electron chi connectivity index (χ0n) is 8.83. The molecule has 0 atom stereocenters. The number of hydrogen-bond acceptors (Lipinski definition) is 4. The molecule has 0 amide bonds. The van der Waals surface area contributed by atoms with Crippen molar-refractivity contribution in [1.82, 2.24) is 24.5 Å². The minimum atomic E-state index is 0.290. The molecule has 2 N–H and O–H groups in total. The Morgan fingerprint density at radius 1 is 1.40 bits per heavy atom. The lowest BCUT2D eigenvalue weighted by atomic mass is 10.4. The van der Waals surface area contributed by atoms with E-state index in [1.54, 1.807) is 11.0 Å². The van der Waals surface area contributed by atoms with Crippen LogP contribution in [0.2, 0.25) is 0 Å². The highest BCUT2D eigenvalue weighted by Gasteiger charge is 2.03. The van der Waals surface area contributed by atoms with Crippen LogP contribution in [0.4, 0.5) is 5.95 Å². The van der Waals surface area contributed by atoms with Gasteiger partial charge < -0.3 is 5.73 Å². The number of nitrogens with zero attached hydrogens (tertiary/aromatic N) is 5. The molecule has 6 heteroatoms. The van der Waals surface area contributed by atoms with Crippen molar-refractivity contribution in [2.45, 2.75) is 26.4 Å². The van der Waals surface area contributed by atoms with Crippen molar-refractivity contribution in [3.8, 4) is 0 Å². The largest absolute Gasteiger partial charge is 0.367 e. The van der Waals surface area contributed by atoms with Crippen LogP contribution in [0.5, 0.6) is 0 Å². The first-order valence-corrected chi connectivity index (χ1v) is 4.84. The van der Waals surface area contributed by atoms with Crippen molar-refractivity contribution in [3.05, 3.63) is 24.3 Å². The second-order valence-corrected chi connectivity index (χ2v) is 3.68. The molecule has 0 radical (unpaired) electrons. The molecule has 0 saturated heterocycles. The van der Waals surface area contributed by atoms with Crippen LogP contribution in [-0.4, -0.2) is 24.5 Å².